The summed E-state index contributed by atoms with van der Waals surface area (Å²) in [6.45, 7) is 9.04. The summed E-state index contributed by atoms with van der Waals surface area (Å²) in [7, 11) is 1.75. The lowest BCUT2D eigenvalue weighted by molar-refractivity contribution is -0.113. The molecule has 0 spiro atoms. The van der Waals surface area contributed by atoms with E-state index in [1.165, 1.54) is 24.1 Å². The van der Waals surface area contributed by atoms with Gasteiger partial charge in [-0.25, -0.2) is 0 Å². The summed E-state index contributed by atoms with van der Waals surface area (Å²) in [5.74, 6) is 1.12. The second-order valence-corrected chi connectivity index (χ2v) is 8.15. The molecule has 2 unspecified atom stereocenters. The fraction of sp³-hybridized carbons (Fsp3) is 0.810. The highest BCUT2D eigenvalue weighted by atomic mass is 16.6. The zero-order chi connectivity index (χ0) is 19.2. The van der Waals surface area contributed by atoms with Crippen LogP contribution in [0, 0.1) is 11.8 Å². The molecule has 2 heterocycles. The molecule has 2 aliphatic heterocycles. The first-order valence-electron chi connectivity index (χ1n) is 10.3. The average Bonchev–Trinajstić information content (AvgIpc) is 2.88. The molecule has 154 valence electrons. The van der Waals surface area contributed by atoms with E-state index in [4.69, 9.17) is 24.7 Å². The van der Waals surface area contributed by atoms with E-state index in [2.05, 4.69) is 18.7 Å². The first-order valence-corrected chi connectivity index (χ1v) is 10.3. The molecule has 2 bridgehead atoms. The summed E-state index contributed by atoms with van der Waals surface area (Å²) in [6, 6.07) is 0. The molecule has 3 aliphatic rings. The highest BCUT2D eigenvalue weighted by Crippen LogP contribution is 2.41. The Kier molecular flexibility index (Phi) is 7.58. The van der Waals surface area contributed by atoms with Crippen molar-refractivity contribution in [2.75, 3.05) is 53.4 Å². The van der Waals surface area contributed by atoms with Crippen molar-refractivity contribution in [3.63, 3.8) is 0 Å². The second kappa shape index (κ2) is 9.92. The van der Waals surface area contributed by atoms with Crippen molar-refractivity contribution in [2.45, 2.75) is 45.6 Å². The smallest absolute Gasteiger partial charge is 0.118 e. The summed E-state index contributed by atoms with van der Waals surface area (Å²) in [6.07, 6.45) is 4.70. The summed E-state index contributed by atoms with van der Waals surface area (Å²) in [4.78, 5) is 2.32. The number of hydrogen-bond acceptors (Lipinski definition) is 6. The van der Waals surface area contributed by atoms with E-state index in [1.807, 2.05) is 0 Å². The van der Waals surface area contributed by atoms with Gasteiger partial charge in [-0.3, -0.25) is 0 Å². The number of nitrogens with zero attached hydrogens (tertiary/aromatic N) is 1. The highest BCUT2D eigenvalue weighted by molar-refractivity contribution is 5.31. The lowest BCUT2D eigenvalue weighted by atomic mass is 9.89. The Balaban J connectivity index is 1.74. The Labute approximate surface area is 163 Å². The third-order valence-corrected chi connectivity index (χ3v) is 6.04. The Bertz CT molecular complexity index is 554. The fourth-order valence-corrected chi connectivity index (χ4v) is 4.57. The molecule has 1 saturated heterocycles. The number of ether oxygens (including phenoxy) is 4. The van der Waals surface area contributed by atoms with Gasteiger partial charge in [-0.15, -0.1) is 0 Å². The lowest BCUT2D eigenvalue weighted by Gasteiger charge is -2.32. The van der Waals surface area contributed by atoms with Gasteiger partial charge in [-0.2, -0.15) is 0 Å². The quantitative estimate of drug-likeness (QED) is 0.715. The van der Waals surface area contributed by atoms with E-state index >= 15 is 0 Å². The summed E-state index contributed by atoms with van der Waals surface area (Å²) in [5.41, 5.74) is 11.8. The molecule has 1 aliphatic carbocycles. The molecule has 0 radical (unpaired) electrons. The Hall–Kier alpha value is -1.08. The molecule has 0 saturated carbocycles. The predicted octanol–water partition coefficient (Wildman–Crippen LogP) is 2.65. The summed E-state index contributed by atoms with van der Waals surface area (Å²) < 4.78 is 22.5. The van der Waals surface area contributed by atoms with Crippen LogP contribution in [0.1, 0.15) is 39.5 Å². The van der Waals surface area contributed by atoms with Gasteiger partial charge in [0.25, 0.3) is 0 Å². The van der Waals surface area contributed by atoms with Crippen molar-refractivity contribution in [1.29, 1.82) is 0 Å². The van der Waals surface area contributed by atoms with E-state index in [1.54, 1.807) is 12.7 Å². The molecule has 6 heteroatoms. The Morgan fingerprint density at radius 3 is 2.89 bits per heavy atom. The molecule has 3 rings (SSSR count). The number of nitrogens with two attached hydrogens (primary N) is 1. The van der Waals surface area contributed by atoms with E-state index in [9.17, 15) is 0 Å². The van der Waals surface area contributed by atoms with Gasteiger partial charge in [0.1, 0.15) is 12.8 Å². The molecule has 0 aromatic rings. The van der Waals surface area contributed by atoms with E-state index in [-0.39, 0.29) is 6.10 Å². The predicted molar refractivity (Wildman–Crippen MR) is 105 cm³/mol. The molecule has 6 nitrogen and oxygen atoms in total. The number of rotatable bonds is 6. The monoisotopic (exact) mass is 380 g/mol. The minimum atomic E-state index is 0.00715. The number of hydrogen-bond donors (Lipinski definition) is 1. The van der Waals surface area contributed by atoms with Gasteiger partial charge in [0.05, 0.1) is 38.7 Å². The van der Waals surface area contributed by atoms with Crippen LogP contribution in [-0.2, 0) is 18.9 Å². The van der Waals surface area contributed by atoms with Gasteiger partial charge in [-0.05, 0) is 38.5 Å². The van der Waals surface area contributed by atoms with Crippen LogP contribution in [0.5, 0.6) is 0 Å². The second-order valence-electron chi connectivity index (χ2n) is 8.15. The molecular weight excluding hydrogens is 344 g/mol. The molecule has 0 amide bonds. The van der Waals surface area contributed by atoms with E-state index in [0.717, 1.165) is 31.0 Å². The first kappa shape index (κ1) is 20.6. The van der Waals surface area contributed by atoms with Gasteiger partial charge in [0.15, 0.2) is 0 Å². The third kappa shape index (κ3) is 5.25. The zero-order valence-corrected chi connectivity index (χ0v) is 17.2. The van der Waals surface area contributed by atoms with Crippen LogP contribution in [0.2, 0.25) is 0 Å². The summed E-state index contributed by atoms with van der Waals surface area (Å²) >= 11 is 0. The number of methoxy groups -OCH3 is 1. The van der Waals surface area contributed by atoms with Gasteiger partial charge >= 0.3 is 0 Å². The minimum absolute atomic E-state index is 0.00715. The SMILES string of the molecule is COCN1CCC2=C(C)[C@@H](CCC(C)C2)/C1=C(/N)COCC1COCCO1. The zero-order valence-electron chi connectivity index (χ0n) is 17.2. The van der Waals surface area contributed by atoms with Crippen LogP contribution in [0.15, 0.2) is 22.5 Å². The first-order chi connectivity index (χ1) is 13.1. The topological polar surface area (TPSA) is 66.2 Å². The Morgan fingerprint density at radius 2 is 2.15 bits per heavy atom. The van der Waals surface area contributed by atoms with Crippen LogP contribution >= 0.6 is 0 Å². The molecular formula is C21H36N2O4. The van der Waals surface area contributed by atoms with Crippen molar-refractivity contribution < 1.29 is 18.9 Å². The standard InChI is InChI=1S/C21H36N2O4/c1-15-4-5-19-16(2)17(10-15)6-7-23(14-24-3)21(19)20(22)13-26-12-18-11-25-8-9-27-18/h15,18-19H,4-14,22H2,1-3H3/b21-20-/t15?,18?,19-/m1/s1. The fourth-order valence-electron chi connectivity index (χ4n) is 4.57. The van der Waals surface area contributed by atoms with Crippen LogP contribution in [-0.4, -0.2) is 64.4 Å². The van der Waals surface area contributed by atoms with Crippen LogP contribution in [0.25, 0.3) is 0 Å². The van der Waals surface area contributed by atoms with Gasteiger partial charge in [-0.1, -0.05) is 18.1 Å². The van der Waals surface area contributed by atoms with Crippen LogP contribution in [0.3, 0.4) is 0 Å². The van der Waals surface area contributed by atoms with Crippen LogP contribution < -0.4 is 5.73 Å². The Morgan fingerprint density at radius 1 is 1.30 bits per heavy atom. The van der Waals surface area contributed by atoms with E-state index in [0.29, 0.717) is 45.7 Å². The van der Waals surface area contributed by atoms with Crippen molar-refractivity contribution >= 4 is 0 Å². The average molecular weight is 381 g/mol. The summed E-state index contributed by atoms with van der Waals surface area (Å²) in [5, 5.41) is 0. The lowest BCUT2D eigenvalue weighted by Crippen LogP contribution is -2.35. The van der Waals surface area contributed by atoms with Crippen molar-refractivity contribution in [3.8, 4) is 0 Å². The van der Waals surface area contributed by atoms with Gasteiger partial charge < -0.3 is 29.6 Å². The molecule has 1 fully saturated rings. The van der Waals surface area contributed by atoms with Crippen molar-refractivity contribution in [3.05, 3.63) is 22.5 Å². The maximum atomic E-state index is 6.60. The molecule has 0 aromatic heterocycles. The molecule has 0 aromatic carbocycles. The number of allylic oxidation sites excluding steroid dienone is 1. The largest absolute Gasteiger partial charge is 0.399 e. The molecule has 3 atom stereocenters. The third-order valence-electron chi connectivity index (χ3n) is 6.04. The molecule has 2 N–H and O–H groups in total. The van der Waals surface area contributed by atoms with Crippen LogP contribution in [0.4, 0.5) is 0 Å². The number of fused-ring (bicyclic) bond motifs is 1. The maximum absolute atomic E-state index is 6.60. The normalized spacial score (nSPS) is 31.5. The van der Waals surface area contributed by atoms with Crippen molar-refractivity contribution in [1.82, 2.24) is 4.90 Å². The highest BCUT2D eigenvalue weighted by Gasteiger charge is 2.32. The van der Waals surface area contributed by atoms with Crippen molar-refractivity contribution in [2.24, 2.45) is 17.6 Å². The van der Waals surface area contributed by atoms with Gasteiger partial charge in [0, 0.05) is 25.3 Å². The molecule has 27 heavy (non-hydrogen) atoms. The minimum Gasteiger partial charge on any atom is -0.399 e. The van der Waals surface area contributed by atoms with Gasteiger partial charge in [0.2, 0.25) is 0 Å². The van der Waals surface area contributed by atoms with E-state index < -0.39 is 0 Å². The maximum Gasteiger partial charge on any atom is 0.118 e.